The summed E-state index contributed by atoms with van der Waals surface area (Å²) in [5.74, 6) is -0.367. The van der Waals surface area contributed by atoms with Crippen LogP contribution in [0.15, 0.2) is 18.3 Å². The quantitative estimate of drug-likeness (QED) is 0.395. The summed E-state index contributed by atoms with van der Waals surface area (Å²) in [5, 5.41) is 10.5. The predicted molar refractivity (Wildman–Crippen MR) is 28.7 cm³/mol. The molecule has 0 unspecified atom stereocenters. The van der Waals surface area contributed by atoms with Crippen LogP contribution in [0.3, 0.4) is 0 Å². The van der Waals surface area contributed by atoms with E-state index in [9.17, 15) is 5.11 Å². The van der Waals surface area contributed by atoms with Gasteiger partial charge < -0.3 is 5.11 Å². The third kappa shape index (κ3) is 2.54. The van der Waals surface area contributed by atoms with E-state index in [0.717, 1.165) is 0 Å². The normalized spacial score (nSPS) is 8.11. The van der Waals surface area contributed by atoms with E-state index in [0.29, 0.717) is 0 Å². The monoisotopic (exact) mass is 151 g/mol. The van der Waals surface area contributed by atoms with E-state index in [1.165, 1.54) is 12.3 Å². The fourth-order valence-electron chi connectivity index (χ4n) is 0.371. The Labute approximate surface area is 80.2 Å². The van der Waals surface area contributed by atoms with Crippen LogP contribution in [0.5, 0.6) is 5.88 Å². The first-order chi connectivity index (χ1) is 3.80. The summed E-state index contributed by atoms with van der Waals surface area (Å²) in [6, 6.07) is 3.13. The molecule has 0 fully saturated rings. The molecule has 0 aromatic carbocycles. The molecule has 4 heteroatoms. The fourth-order valence-corrected chi connectivity index (χ4v) is 0.493. The van der Waals surface area contributed by atoms with Gasteiger partial charge in [0.05, 0.1) is 5.02 Å². The van der Waals surface area contributed by atoms with E-state index in [-0.39, 0.29) is 40.5 Å². The van der Waals surface area contributed by atoms with E-state index in [1.54, 1.807) is 6.07 Å². The molecule has 2 nitrogen and oxygen atoms in total. The van der Waals surface area contributed by atoms with Gasteiger partial charge in [-0.1, -0.05) is 11.6 Å². The Bertz CT molecular complexity index is 173. The average Bonchev–Trinajstić information content (AvgIpc) is 1.77. The van der Waals surface area contributed by atoms with Crippen molar-refractivity contribution in [3.05, 3.63) is 23.4 Å². The Morgan fingerprint density at radius 3 is 2.56 bits per heavy atom. The molecule has 0 radical (unpaired) electrons. The Kier molecular flexibility index (Phi) is 4.23. The minimum absolute atomic E-state index is 0. The summed E-state index contributed by atoms with van der Waals surface area (Å²) in [5.41, 5.74) is 0. The van der Waals surface area contributed by atoms with E-state index in [2.05, 4.69) is 4.98 Å². The largest absolute Gasteiger partial charge is 1.00 e. The van der Waals surface area contributed by atoms with Crippen molar-refractivity contribution in [1.29, 1.82) is 0 Å². The molecule has 0 aliphatic rings. The molecule has 0 saturated carbocycles. The van der Waals surface area contributed by atoms with Gasteiger partial charge in [-0.3, -0.25) is 4.98 Å². The van der Waals surface area contributed by atoms with Crippen molar-refractivity contribution in [3.8, 4) is 5.88 Å². The first kappa shape index (κ1) is 9.24. The fraction of sp³-hybridized carbons (Fsp3) is 0. The van der Waals surface area contributed by atoms with Crippen molar-refractivity contribution in [2.24, 2.45) is 0 Å². The summed E-state index contributed by atoms with van der Waals surface area (Å²) in [7, 11) is 0. The van der Waals surface area contributed by atoms with E-state index < -0.39 is 0 Å². The van der Waals surface area contributed by atoms with Gasteiger partial charge in [-0.15, -0.1) is 0 Å². The third-order valence-corrected chi connectivity index (χ3v) is 1.01. The molecule has 1 aromatic heterocycles. The molecule has 0 atom stereocenters. The minimum Gasteiger partial charge on any atom is -0.858 e. The number of aromatic nitrogens is 1. The van der Waals surface area contributed by atoms with Gasteiger partial charge in [-0.05, 0) is 12.1 Å². The maximum absolute atomic E-state index is 10.4. The number of pyridine rings is 1. The zero-order valence-electron chi connectivity index (χ0n) is 4.97. The number of rotatable bonds is 0. The van der Waals surface area contributed by atoms with Crippen LogP contribution in [-0.4, -0.2) is 4.98 Å². The smallest absolute Gasteiger partial charge is 0.858 e. The SMILES string of the molecule is [Na+].[O-]c1ncccc1Cl. The summed E-state index contributed by atoms with van der Waals surface area (Å²) in [6.07, 6.45) is 1.41. The van der Waals surface area contributed by atoms with Crippen molar-refractivity contribution in [2.45, 2.75) is 0 Å². The summed E-state index contributed by atoms with van der Waals surface area (Å²) in [6.45, 7) is 0. The molecular weight excluding hydrogens is 149 g/mol. The molecule has 0 bridgehead atoms. The van der Waals surface area contributed by atoms with Crippen molar-refractivity contribution in [1.82, 2.24) is 4.98 Å². The van der Waals surface area contributed by atoms with Crippen molar-refractivity contribution < 1.29 is 34.7 Å². The van der Waals surface area contributed by atoms with Gasteiger partial charge >= 0.3 is 29.6 Å². The van der Waals surface area contributed by atoms with Crippen LogP contribution in [0.2, 0.25) is 5.02 Å². The molecule has 0 N–H and O–H groups in total. The number of hydrogen-bond donors (Lipinski definition) is 0. The van der Waals surface area contributed by atoms with Gasteiger partial charge in [0.25, 0.3) is 0 Å². The van der Waals surface area contributed by atoms with Crippen LogP contribution in [0.25, 0.3) is 0 Å². The van der Waals surface area contributed by atoms with Gasteiger partial charge in [0.1, 0.15) is 0 Å². The van der Waals surface area contributed by atoms with Crippen LogP contribution in [0, 0.1) is 0 Å². The van der Waals surface area contributed by atoms with Crippen LogP contribution >= 0.6 is 11.6 Å². The molecule has 1 aromatic rings. The molecular formula is C5H3ClNNaO. The number of halogens is 1. The Hall–Kier alpha value is 0.240. The number of hydrogen-bond acceptors (Lipinski definition) is 2. The number of nitrogens with zero attached hydrogens (tertiary/aromatic N) is 1. The molecule has 0 amide bonds. The van der Waals surface area contributed by atoms with Crippen molar-refractivity contribution in [2.75, 3.05) is 0 Å². The Morgan fingerprint density at radius 2 is 2.22 bits per heavy atom. The second-order valence-electron chi connectivity index (χ2n) is 1.29. The van der Waals surface area contributed by atoms with E-state index >= 15 is 0 Å². The van der Waals surface area contributed by atoms with Gasteiger partial charge in [-0.2, -0.15) is 0 Å². The third-order valence-electron chi connectivity index (χ3n) is 0.725. The summed E-state index contributed by atoms with van der Waals surface area (Å²) in [4.78, 5) is 3.39. The van der Waals surface area contributed by atoms with Gasteiger partial charge in [0, 0.05) is 12.1 Å². The molecule has 0 saturated heterocycles. The van der Waals surface area contributed by atoms with Crippen molar-refractivity contribution >= 4 is 11.6 Å². The summed E-state index contributed by atoms with van der Waals surface area (Å²) < 4.78 is 0. The predicted octanol–water partition coefficient (Wildman–Crippen LogP) is -2.19. The van der Waals surface area contributed by atoms with Gasteiger partial charge in [-0.25, -0.2) is 0 Å². The Morgan fingerprint density at radius 1 is 1.56 bits per heavy atom. The molecule has 0 aliphatic carbocycles. The standard InChI is InChI=1S/C5H4ClNO.Na/c6-4-2-1-3-7-5(4)8;/h1-3H,(H,7,8);/q;+1/p-1. The molecule has 42 valence electrons. The zero-order chi connectivity index (χ0) is 5.98. The van der Waals surface area contributed by atoms with Crippen LogP contribution in [0.4, 0.5) is 0 Å². The van der Waals surface area contributed by atoms with E-state index in [4.69, 9.17) is 11.6 Å². The van der Waals surface area contributed by atoms with Gasteiger partial charge in [0.15, 0.2) is 0 Å². The summed E-state index contributed by atoms with van der Waals surface area (Å²) >= 11 is 5.33. The van der Waals surface area contributed by atoms with Crippen LogP contribution in [-0.2, 0) is 0 Å². The molecule has 0 spiro atoms. The molecule has 0 aliphatic heterocycles. The maximum atomic E-state index is 10.4. The average molecular weight is 152 g/mol. The second kappa shape index (κ2) is 4.12. The maximum Gasteiger partial charge on any atom is 1.00 e. The minimum atomic E-state index is -0.367. The zero-order valence-corrected chi connectivity index (χ0v) is 7.72. The topological polar surface area (TPSA) is 36.0 Å². The second-order valence-corrected chi connectivity index (χ2v) is 1.70. The molecule has 1 rings (SSSR count). The first-order valence-electron chi connectivity index (χ1n) is 2.08. The Balaban J connectivity index is 0.000000640. The van der Waals surface area contributed by atoms with Gasteiger partial charge in [0.2, 0.25) is 0 Å². The molecule has 9 heavy (non-hydrogen) atoms. The van der Waals surface area contributed by atoms with Crippen LogP contribution in [0.1, 0.15) is 0 Å². The first-order valence-corrected chi connectivity index (χ1v) is 2.46. The molecule has 1 heterocycles. The van der Waals surface area contributed by atoms with Crippen molar-refractivity contribution in [3.63, 3.8) is 0 Å². The van der Waals surface area contributed by atoms with Crippen LogP contribution < -0.4 is 34.7 Å². The van der Waals surface area contributed by atoms with E-state index in [1.807, 2.05) is 0 Å².